The minimum atomic E-state index is -3.63. The van der Waals surface area contributed by atoms with Crippen LogP contribution in [0.2, 0.25) is 0 Å². The van der Waals surface area contributed by atoms with Crippen LogP contribution in [0.5, 0.6) is 11.5 Å². The lowest BCUT2D eigenvalue weighted by Crippen LogP contribution is -2.22. The van der Waals surface area contributed by atoms with Crippen molar-refractivity contribution in [2.24, 2.45) is 0 Å². The van der Waals surface area contributed by atoms with Gasteiger partial charge in [0.1, 0.15) is 11.5 Å². The molecule has 2 heterocycles. The van der Waals surface area contributed by atoms with Crippen LogP contribution >= 0.6 is 12.3 Å². The normalized spacial score (nSPS) is 11.8. The molecule has 0 atom stereocenters. The van der Waals surface area contributed by atoms with Crippen LogP contribution < -0.4 is 8.37 Å². The van der Waals surface area contributed by atoms with Gasteiger partial charge < -0.3 is 8.37 Å². The summed E-state index contributed by atoms with van der Waals surface area (Å²) in [5, 5.41) is 0. The first kappa shape index (κ1) is 28.6. The van der Waals surface area contributed by atoms with Crippen molar-refractivity contribution in [3.8, 4) is 34.0 Å². The van der Waals surface area contributed by atoms with Gasteiger partial charge in [0.05, 0.1) is 35.1 Å². The molecule has 2 aromatic heterocycles. The van der Waals surface area contributed by atoms with E-state index >= 15 is 0 Å². The van der Waals surface area contributed by atoms with Crippen LogP contribution in [0.1, 0.15) is 39.1 Å². The summed E-state index contributed by atoms with van der Waals surface area (Å²) in [5.41, 5.74) is 4.27. The zero-order valence-corrected chi connectivity index (χ0v) is 23.8. The second-order valence-electron chi connectivity index (χ2n) is 9.05. The molecule has 0 spiro atoms. The number of aromatic nitrogens is 2. The van der Waals surface area contributed by atoms with Gasteiger partial charge in [0.2, 0.25) is 0 Å². The maximum atomic E-state index is 11.9. The predicted molar refractivity (Wildman–Crippen MR) is 152 cm³/mol. The summed E-state index contributed by atoms with van der Waals surface area (Å²) in [6, 6.07) is 26.2. The first-order valence-corrected chi connectivity index (χ1v) is 14.7. The molecule has 0 saturated heterocycles. The maximum absolute atomic E-state index is 11.9. The lowest BCUT2D eigenvalue weighted by atomic mass is 9.84. The average molecular weight is 567 g/mol. The lowest BCUT2D eigenvalue weighted by Gasteiger charge is -2.25. The Kier molecular flexibility index (Phi) is 9.24. The molecule has 0 N–H and O–H groups in total. The van der Waals surface area contributed by atoms with Crippen molar-refractivity contribution >= 4 is 22.4 Å². The fraction of sp³-hybridized carbons (Fsp3) is 0.241. The summed E-state index contributed by atoms with van der Waals surface area (Å²) in [7, 11) is -3.63. The summed E-state index contributed by atoms with van der Waals surface area (Å²) < 4.78 is 39.4. The van der Waals surface area contributed by atoms with Gasteiger partial charge in [-0.3, -0.25) is 9.97 Å². The van der Waals surface area contributed by atoms with Crippen LogP contribution in [0.25, 0.3) is 22.5 Å². The Hall–Kier alpha value is -3.44. The molecule has 0 saturated carbocycles. The largest absolute Gasteiger partial charge is 0.399 e. The smallest absolute Gasteiger partial charge is 0.308 e. The number of hydrogen-bond acceptors (Lipinski definition) is 9. The van der Waals surface area contributed by atoms with E-state index in [-0.39, 0.29) is 11.5 Å². The zero-order valence-electron chi connectivity index (χ0n) is 22.2. The second-order valence-corrected chi connectivity index (χ2v) is 11.4. The van der Waals surface area contributed by atoms with Crippen LogP contribution in [-0.2, 0) is 24.8 Å². The quantitative estimate of drug-likeness (QED) is 0.0604. The number of benzene rings is 2. The predicted octanol–water partition coefficient (Wildman–Crippen LogP) is 6.78. The molecule has 0 amide bonds. The Bertz CT molecular complexity index is 1530. The Balaban J connectivity index is 1.60. The van der Waals surface area contributed by atoms with Gasteiger partial charge >= 0.3 is 10.1 Å². The van der Waals surface area contributed by atoms with Crippen molar-refractivity contribution in [2.75, 3.05) is 12.4 Å². The Morgan fingerprint density at radius 2 is 1.31 bits per heavy atom. The third kappa shape index (κ3) is 7.36. The van der Waals surface area contributed by atoms with Crippen LogP contribution in [-0.4, -0.2) is 30.7 Å². The summed E-state index contributed by atoms with van der Waals surface area (Å²) in [4.78, 5) is 14.7. The Morgan fingerprint density at radius 1 is 0.769 bits per heavy atom. The average Bonchev–Trinajstić information content (AvgIpc) is 2.95. The maximum Gasteiger partial charge on any atom is 0.308 e. The molecule has 0 aliphatic carbocycles. The molecule has 0 unspecified atom stereocenters. The van der Waals surface area contributed by atoms with E-state index < -0.39 is 15.5 Å². The molecule has 0 aliphatic heterocycles. The molecule has 0 bridgehead atoms. The van der Waals surface area contributed by atoms with Crippen molar-refractivity contribution in [3.05, 3.63) is 96.3 Å². The number of rotatable bonds is 12. The number of hydrogen-bond donors (Lipinski definition) is 0. The van der Waals surface area contributed by atoms with Gasteiger partial charge in [-0.2, -0.15) is 8.42 Å². The summed E-state index contributed by atoms with van der Waals surface area (Å²) >= 11 is 0.755. The number of nitrogens with zero attached hydrogens (tertiary/aromatic N) is 2. The number of pyridine rings is 2. The topological polar surface area (TPSA) is 96.8 Å². The third-order valence-corrected chi connectivity index (χ3v) is 7.50. The Morgan fingerprint density at radius 3 is 1.87 bits per heavy atom. The molecule has 2 aromatic carbocycles. The van der Waals surface area contributed by atoms with Crippen LogP contribution in [0.3, 0.4) is 0 Å². The Labute approximate surface area is 233 Å². The van der Waals surface area contributed by atoms with Crippen molar-refractivity contribution in [1.82, 2.24) is 9.97 Å². The van der Waals surface area contributed by atoms with Crippen molar-refractivity contribution in [3.63, 3.8) is 0 Å². The monoisotopic (exact) mass is 566 g/mol. The highest BCUT2D eigenvalue weighted by atomic mass is 32.2. The molecule has 204 valence electrons. The summed E-state index contributed by atoms with van der Waals surface area (Å²) in [6.07, 6.45) is 0. The van der Waals surface area contributed by atoms with Gasteiger partial charge in [-0.15, -0.1) is 4.33 Å². The molecular formula is C29H30N2O6S2. The van der Waals surface area contributed by atoms with E-state index in [9.17, 15) is 8.42 Å². The van der Waals surface area contributed by atoms with Crippen LogP contribution in [0.15, 0.2) is 84.9 Å². The van der Waals surface area contributed by atoms with E-state index in [0.29, 0.717) is 18.1 Å². The van der Waals surface area contributed by atoms with Crippen molar-refractivity contribution in [2.45, 2.75) is 33.1 Å². The van der Waals surface area contributed by atoms with Crippen molar-refractivity contribution in [1.29, 1.82) is 0 Å². The third-order valence-electron chi connectivity index (χ3n) is 5.94. The van der Waals surface area contributed by atoms with Gasteiger partial charge in [0.15, 0.2) is 0 Å². The van der Waals surface area contributed by atoms with Crippen LogP contribution in [0.4, 0.5) is 0 Å². The molecule has 0 radical (unpaired) electrons. The lowest BCUT2D eigenvalue weighted by molar-refractivity contribution is -0.189. The fourth-order valence-electron chi connectivity index (χ4n) is 3.76. The second kappa shape index (κ2) is 12.6. The van der Waals surface area contributed by atoms with E-state index in [4.69, 9.17) is 27.6 Å². The van der Waals surface area contributed by atoms with E-state index in [0.717, 1.165) is 40.5 Å². The SMILES string of the molecule is CCOOSOc1cccc(-c2cccc(C(C)(C)c3cccc(-c4cccc(OS(=O)(=O)CC)c4)n3)n2)c1. The van der Waals surface area contributed by atoms with Crippen molar-refractivity contribution < 1.29 is 26.0 Å². The van der Waals surface area contributed by atoms with Gasteiger partial charge in [-0.05, 0) is 76.2 Å². The van der Waals surface area contributed by atoms with Gasteiger partial charge in [0.25, 0.3) is 12.3 Å². The zero-order chi connectivity index (χ0) is 27.9. The minimum Gasteiger partial charge on any atom is -0.399 e. The molecule has 4 rings (SSSR count). The van der Waals surface area contributed by atoms with Gasteiger partial charge in [0, 0.05) is 16.5 Å². The highest BCUT2D eigenvalue weighted by molar-refractivity contribution is 7.90. The highest BCUT2D eigenvalue weighted by Crippen LogP contribution is 2.33. The molecule has 8 nitrogen and oxygen atoms in total. The summed E-state index contributed by atoms with van der Waals surface area (Å²) in [6.45, 7) is 7.92. The van der Waals surface area contributed by atoms with E-state index in [1.54, 1.807) is 18.2 Å². The van der Waals surface area contributed by atoms with Gasteiger partial charge in [-0.25, -0.2) is 4.89 Å². The highest BCUT2D eigenvalue weighted by Gasteiger charge is 2.27. The molecular weight excluding hydrogens is 536 g/mol. The minimum absolute atomic E-state index is 0.107. The van der Waals surface area contributed by atoms with E-state index in [1.165, 1.54) is 6.92 Å². The molecule has 10 heteroatoms. The first-order chi connectivity index (χ1) is 18.7. The van der Waals surface area contributed by atoms with E-state index in [2.05, 4.69) is 13.8 Å². The molecule has 4 aromatic rings. The van der Waals surface area contributed by atoms with Crippen LogP contribution in [0, 0.1) is 0 Å². The van der Waals surface area contributed by atoms with E-state index in [1.807, 2.05) is 73.7 Å². The fourth-order valence-corrected chi connectivity index (χ4v) is 4.62. The standard InChI is InChI=1S/C29H30N2O6S2/c1-5-34-37-38-35-23-13-7-11-21(19-23)25-15-9-17-27(30-25)29(3,4)28-18-10-16-26(31-28)22-12-8-14-24(20-22)36-39(32,33)6-2/h7-20H,5-6H2,1-4H3. The summed E-state index contributed by atoms with van der Waals surface area (Å²) in [5.74, 6) is 0.754. The molecule has 39 heavy (non-hydrogen) atoms. The van der Waals surface area contributed by atoms with Gasteiger partial charge in [-0.1, -0.05) is 36.4 Å². The molecule has 0 aliphatic rings. The first-order valence-electron chi connectivity index (χ1n) is 12.4. The molecule has 0 fully saturated rings.